The lowest BCUT2D eigenvalue weighted by atomic mass is 9.81. The van der Waals surface area contributed by atoms with Gasteiger partial charge in [-0.2, -0.15) is 13.2 Å². The van der Waals surface area contributed by atoms with E-state index in [1.807, 2.05) is 13.0 Å². The van der Waals surface area contributed by atoms with Crippen LogP contribution in [0.3, 0.4) is 0 Å². The fraction of sp³-hybridized carbons (Fsp3) is 0.650. The fourth-order valence-corrected chi connectivity index (χ4v) is 3.39. The molecule has 0 radical (unpaired) electrons. The first kappa shape index (κ1) is 22.3. The van der Waals surface area contributed by atoms with Gasteiger partial charge in [0.15, 0.2) is 5.78 Å². The van der Waals surface area contributed by atoms with E-state index in [1.54, 1.807) is 12.1 Å². The Hall–Kier alpha value is -1.96. The van der Waals surface area contributed by atoms with E-state index < -0.39 is 12.1 Å². The number of carbonyl (C=O) groups excluding carboxylic acids is 1. The lowest BCUT2D eigenvalue weighted by Gasteiger charge is -2.28. The van der Waals surface area contributed by atoms with Crippen molar-refractivity contribution in [2.75, 3.05) is 13.7 Å². The maximum absolute atomic E-state index is 12.8. The molecular formula is C20H27F3N2O3. The zero-order chi connectivity index (χ0) is 20.7. The number of nitrogens with zero attached hydrogens (tertiary/aromatic N) is 2. The maximum Gasteiger partial charge on any atom is 0.391 e. The van der Waals surface area contributed by atoms with Crippen molar-refractivity contribution in [2.45, 2.75) is 51.6 Å². The maximum atomic E-state index is 12.8. The molecule has 1 atom stereocenters. The molecule has 0 aliphatic heterocycles. The zero-order valence-corrected chi connectivity index (χ0v) is 16.2. The lowest BCUT2D eigenvalue weighted by Crippen LogP contribution is -2.27. The fourth-order valence-electron chi connectivity index (χ4n) is 3.39. The predicted molar refractivity (Wildman–Crippen MR) is 98.9 cm³/mol. The predicted octanol–water partition coefficient (Wildman–Crippen LogP) is 4.46. The largest absolute Gasteiger partial charge is 0.479 e. The highest BCUT2D eigenvalue weighted by atomic mass is 19.4. The number of ether oxygens (including phenoxy) is 1. The molecular weight excluding hydrogens is 373 g/mol. The molecule has 28 heavy (non-hydrogen) atoms. The molecule has 1 aliphatic rings. The molecule has 1 aromatic heterocycles. The van der Waals surface area contributed by atoms with Gasteiger partial charge in [0.2, 0.25) is 5.88 Å². The van der Waals surface area contributed by atoms with E-state index in [4.69, 9.17) is 4.74 Å². The quantitative estimate of drug-likeness (QED) is 0.653. The summed E-state index contributed by atoms with van der Waals surface area (Å²) in [6, 6.07) is 1.58. The van der Waals surface area contributed by atoms with Crippen molar-refractivity contribution in [3.63, 3.8) is 0 Å². The van der Waals surface area contributed by atoms with Crippen molar-refractivity contribution in [3.8, 4) is 5.88 Å². The average Bonchev–Trinajstić information content (AvgIpc) is 2.69. The molecule has 1 N–H and O–H groups in total. The van der Waals surface area contributed by atoms with Crippen molar-refractivity contribution in [2.24, 2.45) is 17.8 Å². The minimum atomic E-state index is -4.12. The Labute approximate surface area is 163 Å². The number of Topliss-reactive ketones (excluding diaryl/α,β-unsaturated/α-hetero) is 1. The van der Waals surface area contributed by atoms with Crippen LogP contribution in [0.2, 0.25) is 0 Å². The van der Waals surface area contributed by atoms with Crippen LogP contribution in [-0.4, -0.2) is 41.0 Å². The first-order valence-electron chi connectivity index (χ1n) is 9.59. The van der Waals surface area contributed by atoms with Crippen LogP contribution in [0, 0.1) is 17.8 Å². The SMILES string of the molecule is CCC(CO)CC(=O)c1cc(/C=C/C2CCC(C(F)(F)F)CC2)c(OC)nn1. The van der Waals surface area contributed by atoms with E-state index in [2.05, 4.69) is 10.2 Å². The number of methoxy groups -OCH3 is 1. The highest BCUT2D eigenvalue weighted by Gasteiger charge is 2.40. The van der Waals surface area contributed by atoms with Gasteiger partial charge in [-0.1, -0.05) is 25.5 Å². The number of carbonyl (C=O) groups is 1. The molecule has 1 saturated carbocycles. The molecule has 0 amide bonds. The van der Waals surface area contributed by atoms with Crippen LogP contribution in [0.15, 0.2) is 12.1 Å². The third-order valence-corrected chi connectivity index (χ3v) is 5.36. The second-order valence-electron chi connectivity index (χ2n) is 7.29. The number of halogens is 3. The van der Waals surface area contributed by atoms with Crippen molar-refractivity contribution in [3.05, 3.63) is 23.4 Å². The third-order valence-electron chi connectivity index (χ3n) is 5.36. The van der Waals surface area contributed by atoms with Gasteiger partial charge in [0.05, 0.1) is 13.0 Å². The number of ketones is 1. The number of aromatic nitrogens is 2. The number of aliphatic hydroxyl groups excluding tert-OH is 1. The number of hydrogen-bond acceptors (Lipinski definition) is 5. The van der Waals surface area contributed by atoms with Crippen LogP contribution in [0.1, 0.15) is 61.5 Å². The van der Waals surface area contributed by atoms with E-state index >= 15 is 0 Å². The highest BCUT2D eigenvalue weighted by molar-refractivity contribution is 5.94. The molecule has 0 saturated heterocycles. The first-order valence-corrected chi connectivity index (χ1v) is 9.59. The molecule has 8 heteroatoms. The number of rotatable bonds is 8. The Morgan fingerprint density at radius 3 is 2.54 bits per heavy atom. The van der Waals surface area contributed by atoms with E-state index in [1.165, 1.54) is 7.11 Å². The normalized spacial score (nSPS) is 21.6. The van der Waals surface area contributed by atoms with Gasteiger partial charge in [0.1, 0.15) is 5.69 Å². The average molecular weight is 400 g/mol. The molecule has 0 spiro atoms. The minimum absolute atomic E-state index is 0.0504. The molecule has 0 bridgehead atoms. The molecule has 1 fully saturated rings. The van der Waals surface area contributed by atoms with Crippen LogP contribution >= 0.6 is 0 Å². The van der Waals surface area contributed by atoms with Crippen molar-refractivity contribution in [1.29, 1.82) is 0 Å². The highest BCUT2D eigenvalue weighted by Crippen LogP contribution is 2.40. The zero-order valence-electron chi connectivity index (χ0n) is 16.2. The molecule has 1 aliphatic carbocycles. The van der Waals surface area contributed by atoms with Crippen molar-refractivity contribution in [1.82, 2.24) is 10.2 Å². The molecule has 156 valence electrons. The van der Waals surface area contributed by atoms with E-state index in [0.29, 0.717) is 24.8 Å². The summed E-state index contributed by atoms with van der Waals surface area (Å²) in [5.41, 5.74) is 0.754. The Bertz CT molecular complexity index is 680. The first-order chi connectivity index (χ1) is 13.3. The van der Waals surface area contributed by atoms with Gasteiger partial charge < -0.3 is 9.84 Å². The summed E-state index contributed by atoms with van der Waals surface area (Å²) in [6.07, 6.45) is 1.56. The Kier molecular flexibility index (Phi) is 7.98. The summed E-state index contributed by atoms with van der Waals surface area (Å²) in [5, 5.41) is 17.1. The smallest absolute Gasteiger partial charge is 0.391 e. The van der Waals surface area contributed by atoms with Crippen LogP contribution < -0.4 is 4.74 Å². The van der Waals surface area contributed by atoms with Gasteiger partial charge in [-0.3, -0.25) is 4.79 Å². The van der Waals surface area contributed by atoms with Crippen LogP contribution in [-0.2, 0) is 0 Å². The van der Waals surface area contributed by atoms with Gasteiger partial charge in [0, 0.05) is 18.6 Å². The summed E-state index contributed by atoms with van der Waals surface area (Å²) in [4.78, 5) is 12.4. The minimum Gasteiger partial charge on any atom is -0.479 e. The summed E-state index contributed by atoms with van der Waals surface area (Å²) in [5.74, 6) is -1.24. The molecule has 0 aromatic carbocycles. The summed E-state index contributed by atoms with van der Waals surface area (Å²) < 4.78 is 43.5. The number of aliphatic hydroxyl groups is 1. The van der Waals surface area contributed by atoms with Gasteiger partial charge in [-0.05, 0) is 43.6 Å². The van der Waals surface area contributed by atoms with Gasteiger partial charge >= 0.3 is 6.18 Å². The van der Waals surface area contributed by atoms with Gasteiger partial charge in [-0.15, -0.1) is 10.2 Å². The van der Waals surface area contributed by atoms with Crippen molar-refractivity contribution < 1.29 is 27.8 Å². The Morgan fingerprint density at radius 1 is 1.32 bits per heavy atom. The third kappa shape index (κ3) is 6.02. The van der Waals surface area contributed by atoms with Crippen LogP contribution in [0.5, 0.6) is 5.88 Å². The standard InChI is InChI=1S/C20H27F3N2O3/c1-3-13(12-26)10-18(27)17-11-15(19(28-2)25-24-17)7-4-14-5-8-16(9-6-14)20(21,22)23/h4,7,11,13-14,16,26H,3,5-6,8-10,12H2,1-2H3/b7-4+. The molecule has 1 unspecified atom stereocenters. The topological polar surface area (TPSA) is 72.3 Å². The van der Waals surface area contributed by atoms with E-state index in [0.717, 1.165) is 0 Å². The van der Waals surface area contributed by atoms with Crippen molar-refractivity contribution >= 4 is 11.9 Å². The Balaban J connectivity index is 2.08. The number of hydrogen-bond donors (Lipinski definition) is 1. The van der Waals surface area contributed by atoms with E-state index in [9.17, 15) is 23.1 Å². The summed E-state index contributed by atoms with van der Waals surface area (Å²) >= 11 is 0. The molecule has 5 nitrogen and oxygen atoms in total. The molecule has 1 heterocycles. The molecule has 2 rings (SSSR count). The lowest BCUT2D eigenvalue weighted by molar-refractivity contribution is -0.183. The van der Waals surface area contributed by atoms with Crippen LogP contribution in [0.4, 0.5) is 13.2 Å². The van der Waals surface area contributed by atoms with E-state index in [-0.39, 0.29) is 55.1 Å². The second-order valence-corrected chi connectivity index (χ2v) is 7.29. The van der Waals surface area contributed by atoms with Gasteiger partial charge in [0.25, 0.3) is 0 Å². The number of alkyl halides is 3. The second kappa shape index (κ2) is 10.0. The number of allylic oxidation sites excluding steroid dienone is 1. The summed E-state index contributed by atoms with van der Waals surface area (Å²) in [6.45, 7) is 1.83. The molecule has 1 aromatic rings. The van der Waals surface area contributed by atoms with Gasteiger partial charge in [-0.25, -0.2) is 0 Å². The van der Waals surface area contributed by atoms with Crippen LogP contribution in [0.25, 0.3) is 6.08 Å². The Morgan fingerprint density at radius 2 is 2.00 bits per heavy atom. The monoisotopic (exact) mass is 400 g/mol. The summed E-state index contributed by atoms with van der Waals surface area (Å²) in [7, 11) is 1.44.